The van der Waals surface area contributed by atoms with Crippen LogP contribution in [0.2, 0.25) is 0 Å². The molecular formula is C17H22ClN3O4S. The molecule has 0 amide bonds. The molecule has 2 aliphatic rings. The summed E-state index contributed by atoms with van der Waals surface area (Å²) in [6.45, 7) is 4.54. The summed E-state index contributed by atoms with van der Waals surface area (Å²) in [5, 5.41) is 3.96. The number of piperazine rings is 1. The number of sulfonamides is 1. The van der Waals surface area contributed by atoms with Crippen LogP contribution in [0.5, 0.6) is 0 Å². The van der Waals surface area contributed by atoms with Crippen LogP contribution in [-0.4, -0.2) is 62.9 Å². The minimum Gasteiger partial charge on any atom is -0.423 e. The Balaban J connectivity index is 0.00000196. The maximum Gasteiger partial charge on any atom is 0.336 e. The van der Waals surface area contributed by atoms with Crippen molar-refractivity contribution in [2.75, 3.05) is 39.3 Å². The maximum absolute atomic E-state index is 12.9. The fourth-order valence-electron chi connectivity index (χ4n) is 3.62. The van der Waals surface area contributed by atoms with Crippen LogP contribution in [0.1, 0.15) is 6.42 Å². The molecule has 142 valence electrons. The highest BCUT2D eigenvalue weighted by atomic mass is 35.5. The summed E-state index contributed by atoms with van der Waals surface area (Å²) >= 11 is 0. The van der Waals surface area contributed by atoms with Gasteiger partial charge in [0.15, 0.2) is 0 Å². The van der Waals surface area contributed by atoms with E-state index >= 15 is 0 Å². The molecule has 0 radical (unpaired) electrons. The summed E-state index contributed by atoms with van der Waals surface area (Å²) in [7, 11) is -3.54. The molecule has 3 heterocycles. The fraction of sp³-hybridized carbons (Fsp3) is 0.471. The molecule has 0 bridgehead atoms. The van der Waals surface area contributed by atoms with Gasteiger partial charge in [-0.1, -0.05) is 0 Å². The van der Waals surface area contributed by atoms with Crippen molar-refractivity contribution in [1.82, 2.24) is 14.5 Å². The van der Waals surface area contributed by atoms with Crippen molar-refractivity contribution in [2.45, 2.75) is 17.4 Å². The second kappa shape index (κ2) is 7.66. The lowest BCUT2D eigenvalue weighted by molar-refractivity contribution is 0.145. The van der Waals surface area contributed by atoms with Gasteiger partial charge < -0.3 is 9.73 Å². The topological polar surface area (TPSA) is 82.9 Å². The van der Waals surface area contributed by atoms with E-state index in [9.17, 15) is 13.2 Å². The average molecular weight is 400 g/mol. The predicted octanol–water partition coefficient (Wildman–Crippen LogP) is 0.883. The number of hydrogen-bond donors (Lipinski definition) is 1. The van der Waals surface area contributed by atoms with E-state index in [0.29, 0.717) is 30.1 Å². The number of rotatable bonds is 3. The minimum absolute atomic E-state index is 0. The second-order valence-electron chi connectivity index (χ2n) is 6.54. The van der Waals surface area contributed by atoms with Gasteiger partial charge in [0.05, 0.1) is 4.90 Å². The Labute approximate surface area is 158 Å². The SMILES string of the molecule is Cl.O=c1ccc2cc(S(=O)(=O)N3CCN(C4CCNC4)CC3)ccc2o1. The maximum atomic E-state index is 12.9. The van der Waals surface area contributed by atoms with E-state index in [2.05, 4.69) is 10.2 Å². The lowest BCUT2D eigenvalue weighted by atomic mass is 10.2. The van der Waals surface area contributed by atoms with Gasteiger partial charge in [-0.15, -0.1) is 12.4 Å². The minimum atomic E-state index is -3.54. The normalized spacial score (nSPS) is 22.4. The fourth-order valence-corrected chi connectivity index (χ4v) is 5.08. The third kappa shape index (κ3) is 3.65. The molecule has 0 saturated carbocycles. The van der Waals surface area contributed by atoms with Crippen LogP contribution < -0.4 is 10.9 Å². The number of nitrogens with zero attached hydrogens (tertiary/aromatic N) is 2. The number of fused-ring (bicyclic) bond motifs is 1. The van der Waals surface area contributed by atoms with E-state index in [1.54, 1.807) is 22.5 Å². The summed E-state index contributed by atoms with van der Waals surface area (Å²) in [6, 6.07) is 8.03. The first-order valence-electron chi connectivity index (χ1n) is 8.53. The Kier molecular flexibility index (Phi) is 5.69. The van der Waals surface area contributed by atoms with E-state index < -0.39 is 15.6 Å². The van der Waals surface area contributed by atoms with Gasteiger partial charge in [-0.25, -0.2) is 13.2 Å². The Morgan fingerprint density at radius 2 is 1.85 bits per heavy atom. The van der Waals surface area contributed by atoms with Crippen LogP contribution in [0.15, 0.2) is 44.4 Å². The zero-order chi connectivity index (χ0) is 17.4. The van der Waals surface area contributed by atoms with Gasteiger partial charge in [0.25, 0.3) is 0 Å². The van der Waals surface area contributed by atoms with E-state index in [1.807, 2.05) is 0 Å². The molecule has 1 aromatic heterocycles. The van der Waals surface area contributed by atoms with Crippen LogP contribution in [0.3, 0.4) is 0 Å². The molecule has 4 rings (SSSR count). The molecule has 2 fully saturated rings. The van der Waals surface area contributed by atoms with Gasteiger partial charge in [0.2, 0.25) is 10.0 Å². The van der Waals surface area contributed by atoms with Crippen LogP contribution >= 0.6 is 12.4 Å². The molecular weight excluding hydrogens is 378 g/mol. The first kappa shape index (κ1) is 19.3. The second-order valence-corrected chi connectivity index (χ2v) is 8.48. The van der Waals surface area contributed by atoms with E-state index in [4.69, 9.17) is 4.42 Å². The summed E-state index contributed by atoms with van der Waals surface area (Å²) in [5.74, 6) is 0. The van der Waals surface area contributed by atoms with Crippen molar-refractivity contribution < 1.29 is 12.8 Å². The van der Waals surface area contributed by atoms with Crippen LogP contribution in [0.4, 0.5) is 0 Å². The van der Waals surface area contributed by atoms with Gasteiger partial charge in [0.1, 0.15) is 5.58 Å². The first-order chi connectivity index (χ1) is 12.0. The van der Waals surface area contributed by atoms with Gasteiger partial charge in [-0.2, -0.15) is 4.31 Å². The monoisotopic (exact) mass is 399 g/mol. The van der Waals surface area contributed by atoms with E-state index in [1.165, 1.54) is 12.1 Å². The molecule has 9 heteroatoms. The molecule has 7 nitrogen and oxygen atoms in total. The Bertz CT molecular complexity index is 932. The number of benzene rings is 1. The molecule has 26 heavy (non-hydrogen) atoms. The zero-order valence-electron chi connectivity index (χ0n) is 14.3. The molecule has 1 atom stereocenters. The van der Waals surface area contributed by atoms with Gasteiger partial charge in [0, 0.05) is 50.2 Å². The van der Waals surface area contributed by atoms with Gasteiger partial charge >= 0.3 is 5.63 Å². The lowest BCUT2D eigenvalue weighted by Crippen LogP contribution is -2.52. The number of hydrogen-bond acceptors (Lipinski definition) is 6. The third-order valence-electron chi connectivity index (χ3n) is 5.05. The van der Waals surface area contributed by atoms with Crippen molar-refractivity contribution in [3.05, 3.63) is 40.8 Å². The summed E-state index contributed by atoms with van der Waals surface area (Å²) < 4.78 is 32.5. The number of nitrogens with one attached hydrogen (secondary N) is 1. The summed E-state index contributed by atoms with van der Waals surface area (Å²) in [4.78, 5) is 13.9. The Morgan fingerprint density at radius 1 is 1.08 bits per heavy atom. The van der Waals surface area contributed by atoms with Crippen molar-refractivity contribution in [3.63, 3.8) is 0 Å². The highest BCUT2D eigenvalue weighted by Gasteiger charge is 2.32. The van der Waals surface area contributed by atoms with Crippen molar-refractivity contribution in [1.29, 1.82) is 0 Å². The molecule has 1 unspecified atom stereocenters. The molecule has 1 aromatic carbocycles. The highest BCUT2D eigenvalue weighted by molar-refractivity contribution is 7.89. The van der Waals surface area contributed by atoms with Crippen molar-refractivity contribution in [3.8, 4) is 0 Å². The van der Waals surface area contributed by atoms with Crippen LogP contribution in [0.25, 0.3) is 11.0 Å². The quantitative estimate of drug-likeness (QED) is 0.771. The predicted molar refractivity (Wildman–Crippen MR) is 101 cm³/mol. The molecule has 1 N–H and O–H groups in total. The van der Waals surface area contributed by atoms with Crippen LogP contribution in [-0.2, 0) is 10.0 Å². The molecule has 0 aliphatic carbocycles. The van der Waals surface area contributed by atoms with Crippen molar-refractivity contribution >= 4 is 33.4 Å². The third-order valence-corrected chi connectivity index (χ3v) is 6.95. The van der Waals surface area contributed by atoms with Gasteiger partial charge in [-0.05, 0) is 37.2 Å². The highest BCUT2D eigenvalue weighted by Crippen LogP contribution is 2.23. The molecule has 0 spiro atoms. The molecule has 2 aliphatic heterocycles. The first-order valence-corrected chi connectivity index (χ1v) is 9.97. The summed E-state index contributed by atoms with van der Waals surface area (Å²) in [5.41, 5.74) is -0.0503. The number of halogens is 1. The Morgan fingerprint density at radius 3 is 2.54 bits per heavy atom. The van der Waals surface area contributed by atoms with Crippen molar-refractivity contribution in [2.24, 2.45) is 0 Å². The zero-order valence-corrected chi connectivity index (χ0v) is 15.9. The van der Waals surface area contributed by atoms with E-state index in [-0.39, 0.29) is 17.3 Å². The molecule has 2 aromatic rings. The smallest absolute Gasteiger partial charge is 0.336 e. The molecule has 2 saturated heterocycles. The summed E-state index contributed by atoms with van der Waals surface area (Å²) in [6.07, 6.45) is 1.13. The largest absolute Gasteiger partial charge is 0.423 e. The van der Waals surface area contributed by atoms with E-state index in [0.717, 1.165) is 32.6 Å². The van der Waals surface area contributed by atoms with Crippen LogP contribution in [0, 0.1) is 0 Å². The Hall–Kier alpha value is -1.45. The average Bonchev–Trinajstić information content (AvgIpc) is 3.16. The lowest BCUT2D eigenvalue weighted by Gasteiger charge is -2.37. The van der Waals surface area contributed by atoms with Gasteiger partial charge in [-0.3, -0.25) is 4.90 Å². The standard InChI is InChI=1S/C17H21N3O4S.ClH/c21-17-4-1-13-11-15(2-3-16(13)24-17)25(22,23)20-9-7-19(8-10-20)14-5-6-18-12-14;/h1-4,11,14,18H,5-10,12H2;1H.